The molecule has 0 spiro atoms. The van der Waals surface area contributed by atoms with E-state index in [1.54, 1.807) is 6.92 Å². The van der Waals surface area contributed by atoms with Crippen molar-refractivity contribution in [1.82, 2.24) is 0 Å². The van der Waals surface area contributed by atoms with Crippen molar-refractivity contribution in [3.8, 4) is 0 Å². The zero-order valence-corrected chi connectivity index (χ0v) is 8.37. The van der Waals surface area contributed by atoms with Crippen LogP contribution in [0.1, 0.15) is 33.6 Å². The van der Waals surface area contributed by atoms with Gasteiger partial charge in [0.05, 0.1) is 5.92 Å². The van der Waals surface area contributed by atoms with E-state index in [9.17, 15) is 9.59 Å². The Labute approximate surface area is 78.5 Å². The number of Topliss-reactive ketones (excluding diaryl/α,β-unsaturated/α-hetero) is 1. The topological polar surface area (TPSA) is 43.4 Å². The van der Waals surface area contributed by atoms with Gasteiger partial charge >= 0.3 is 5.97 Å². The van der Waals surface area contributed by atoms with E-state index in [0.29, 0.717) is 12.8 Å². The quantitative estimate of drug-likeness (QED) is 0.625. The van der Waals surface area contributed by atoms with Crippen molar-refractivity contribution in [3.05, 3.63) is 0 Å². The fourth-order valence-electron chi connectivity index (χ4n) is 1.29. The zero-order valence-electron chi connectivity index (χ0n) is 8.37. The molecular formula is C10H16O3. The molecule has 3 nitrogen and oxygen atoms in total. The highest BCUT2D eigenvalue weighted by atomic mass is 16.5. The van der Waals surface area contributed by atoms with Crippen LogP contribution >= 0.6 is 0 Å². The van der Waals surface area contributed by atoms with E-state index >= 15 is 0 Å². The van der Waals surface area contributed by atoms with Crippen LogP contribution in [0.2, 0.25) is 0 Å². The minimum Gasteiger partial charge on any atom is -0.462 e. The zero-order chi connectivity index (χ0) is 10.0. The van der Waals surface area contributed by atoms with Gasteiger partial charge in [0.2, 0.25) is 0 Å². The molecule has 1 rings (SSSR count). The van der Waals surface area contributed by atoms with Crippen molar-refractivity contribution in [3.63, 3.8) is 0 Å². The van der Waals surface area contributed by atoms with E-state index in [-0.39, 0.29) is 29.7 Å². The Hall–Kier alpha value is -0.860. The van der Waals surface area contributed by atoms with Crippen LogP contribution in [-0.2, 0) is 14.3 Å². The van der Waals surface area contributed by atoms with Gasteiger partial charge in [-0.3, -0.25) is 9.59 Å². The van der Waals surface area contributed by atoms with Gasteiger partial charge in [0, 0.05) is 5.92 Å². The summed E-state index contributed by atoms with van der Waals surface area (Å²) in [5.74, 6) is 0.102. The fourth-order valence-corrected chi connectivity index (χ4v) is 1.29. The van der Waals surface area contributed by atoms with Crippen LogP contribution in [0.5, 0.6) is 0 Å². The number of ketones is 1. The van der Waals surface area contributed by atoms with Gasteiger partial charge in [0.1, 0.15) is 11.9 Å². The summed E-state index contributed by atoms with van der Waals surface area (Å²) in [6.07, 6.45) is 1.42. The smallest absolute Gasteiger partial charge is 0.308 e. The maximum Gasteiger partial charge on any atom is 0.308 e. The van der Waals surface area contributed by atoms with Crippen LogP contribution in [-0.4, -0.2) is 17.9 Å². The number of esters is 1. The van der Waals surface area contributed by atoms with Crippen molar-refractivity contribution in [2.75, 3.05) is 0 Å². The van der Waals surface area contributed by atoms with Crippen molar-refractivity contribution in [1.29, 1.82) is 0 Å². The fraction of sp³-hybridized carbons (Fsp3) is 0.800. The first-order valence-corrected chi connectivity index (χ1v) is 4.71. The molecule has 0 N–H and O–H groups in total. The van der Waals surface area contributed by atoms with E-state index < -0.39 is 0 Å². The van der Waals surface area contributed by atoms with Gasteiger partial charge in [0.15, 0.2) is 0 Å². The number of hydrogen-bond acceptors (Lipinski definition) is 3. The lowest BCUT2D eigenvalue weighted by Crippen LogP contribution is -2.37. The summed E-state index contributed by atoms with van der Waals surface area (Å²) >= 11 is 0. The molecule has 13 heavy (non-hydrogen) atoms. The lowest BCUT2D eigenvalue weighted by atomic mass is 9.80. The number of carbonyl (C=O) groups is 2. The average Bonchev–Trinajstić information content (AvgIpc) is 1.94. The Morgan fingerprint density at radius 1 is 1.31 bits per heavy atom. The highest BCUT2D eigenvalue weighted by Crippen LogP contribution is 2.31. The molecule has 1 saturated carbocycles. The van der Waals surface area contributed by atoms with Crippen molar-refractivity contribution >= 4 is 11.8 Å². The molecule has 1 aliphatic carbocycles. The van der Waals surface area contributed by atoms with Crippen LogP contribution in [0.15, 0.2) is 0 Å². The molecule has 0 amide bonds. The summed E-state index contributed by atoms with van der Waals surface area (Å²) in [5.41, 5.74) is 0. The van der Waals surface area contributed by atoms with Crippen molar-refractivity contribution in [2.45, 2.75) is 39.7 Å². The highest BCUT2D eigenvalue weighted by Gasteiger charge is 2.35. The second-order valence-corrected chi connectivity index (χ2v) is 3.99. The minimum absolute atomic E-state index is 0.0104. The summed E-state index contributed by atoms with van der Waals surface area (Å²) in [6.45, 7) is 5.21. The van der Waals surface area contributed by atoms with E-state index in [1.165, 1.54) is 0 Å². The first kappa shape index (κ1) is 10.2. The molecular weight excluding hydrogens is 168 g/mol. The third-order valence-electron chi connectivity index (χ3n) is 2.42. The molecule has 74 valence electrons. The molecule has 0 heterocycles. The summed E-state index contributed by atoms with van der Waals surface area (Å²) in [7, 11) is 0. The number of hydrogen-bond donors (Lipinski definition) is 0. The Morgan fingerprint density at radius 3 is 2.23 bits per heavy atom. The Kier molecular flexibility index (Phi) is 3.07. The number of rotatable bonds is 3. The van der Waals surface area contributed by atoms with E-state index in [2.05, 4.69) is 0 Å². The number of ether oxygens (including phenoxy) is 1. The molecule has 1 aliphatic rings. The lowest BCUT2D eigenvalue weighted by molar-refractivity contribution is -0.161. The normalized spacial score (nSPS) is 26.8. The molecule has 1 fully saturated rings. The monoisotopic (exact) mass is 184 g/mol. The van der Waals surface area contributed by atoms with E-state index in [4.69, 9.17) is 4.74 Å². The minimum atomic E-state index is -0.160. The number of carbonyl (C=O) groups excluding carboxylic acids is 2. The van der Waals surface area contributed by atoms with Crippen LogP contribution in [0, 0.1) is 11.8 Å². The second kappa shape index (κ2) is 3.90. The van der Waals surface area contributed by atoms with Crippen LogP contribution < -0.4 is 0 Å². The van der Waals surface area contributed by atoms with E-state index in [1.807, 2.05) is 13.8 Å². The Balaban J connectivity index is 2.22. The highest BCUT2D eigenvalue weighted by molar-refractivity contribution is 5.79. The average molecular weight is 184 g/mol. The third kappa shape index (κ3) is 2.54. The maximum atomic E-state index is 11.1. The lowest BCUT2D eigenvalue weighted by Gasteiger charge is -2.33. The SMILES string of the molecule is CC(=O)[C@H]1C[C@H](OC(=O)C(C)C)C1. The van der Waals surface area contributed by atoms with E-state index in [0.717, 1.165) is 0 Å². The molecule has 0 aromatic carbocycles. The molecule has 3 heteroatoms. The molecule has 0 radical (unpaired) electrons. The predicted octanol–water partition coefficient (Wildman–Crippen LogP) is 1.55. The van der Waals surface area contributed by atoms with Gasteiger partial charge in [-0.05, 0) is 19.8 Å². The van der Waals surface area contributed by atoms with Crippen molar-refractivity contribution < 1.29 is 14.3 Å². The van der Waals surface area contributed by atoms with Crippen LogP contribution in [0.4, 0.5) is 0 Å². The largest absolute Gasteiger partial charge is 0.462 e. The summed E-state index contributed by atoms with van der Waals surface area (Å²) in [6, 6.07) is 0. The van der Waals surface area contributed by atoms with Crippen LogP contribution in [0.3, 0.4) is 0 Å². The standard InChI is InChI=1S/C10H16O3/c1-6(2)10(12)13-9-4-8(5-9)7(3)11/h6,8-9H,4-5H2,1-3H3/t8-,9-. The second-order valence-electron chi connectivity index (χ2n) is 3.99. The van der Waals surface area contributed by atoms with Gasteiger partial charge in [-0.25, -0.2) is 0 Å². The van der Waals surface area contributed by atoms with Crippen LogP contribution in [0.25, 0.3) is 0 Å². The van der Waals surface area contributed by atoms with Gasteiger partial charge in [-0.2, -0.15) is 0 Å². The first-order valence-electron chi connectivity index (χ1n) is 4.71. The van der Waals surface area contributed by atoms with Gasteiger partial charge in [0.25, 0.3) is 0 Å². The molecule has 0 saturated heterocycles. The summed E-state index contributed by atoms with van der Waals surface area (Å²) in [4.78, 5) is 22.0. The van der Waals surface area contributed by atoms with Gasteiger partial charge in [-0.15, -0.1) is 0 Å². The Morgan fingerprint density at radius 2 is 1.85 bits per heavy atom. The summed E-state index contributed by atoms with van der Waals surface area (Å²) in [5, 5.41) is 0. The van der Waals surface area contributed by atoms with Gasteiger partial charge < -0.3 is 4.74 Å². The predicted molar refractivity (Wildman–Crippen MR) is 48.1 cm³/mol. The van der Waals surface area contributed by atoms with Crippen molar-refractivity contribution in [2.24, 2.45) is 11.8 Å². The molecule has 0 bridgehead atoms. The third-order valence-corrected chi connectivity index (χ3v) is 2.42. The molecule has 0 aromatic heterocycles. The van der Waals surface area contributed by atoms with Gasteiger partial charge in [-0.1, -0.05) is 13.8 Å². The molecule has 0 unspecified atom stereocenters. The molecule has 0 aromatic rings. The maximum absolute atomic E-state index is 11.1. The molecule has 0 aliphatic heterocycles. The molecule has 0 atom stereocenters. The first-order chi connectivity index (χ1) is 6.00. The summed E-state index contributed by atoms with van der Waals surface area (Å²) < 4.78 is 5.14. The Bertz CT molecular complexity index is 214.